The van der Waals surface area contributed by atoms with Crippen LogP contribution in [0.2, 0.25) is 0 Å². The van der Waals surface area contributed by atoms with Crippen LogP contribution in [0.5, 0.6) is 5.75 Å². The van der Waals surface area contributed by atoms with Crippen molar-refractivity contribution in [2.45, 2.75) is 6.92 Å². The van der Waals surface area contributed by atoms with Crippen molar-refractivity contribution in [3.8, 4) is 17.1 Å². The molecular formula is C14H10BrFN2O. The molecule has 0 atom stereocenters. The molecule has 3 rings (SSSR count). The van der Waals surface area contributed by atoms with Gasteiger partial charge in [-0.15, -0.1) is 0 Å². The smallest absolute Gasteiger partial charge is 0.142 e. The molecule has 3 aromatic rings. The van der Waals surface area contributed by atoms with Crippen LogP contribution in [-0.2, 0) is 0 Å². The molecule has 96 valence electrons. The predicted octanol–water partition coefficient (Wildman–Crippen LogP) is 4.15. The number of hydrogen-bond acceptors (Lipinski definition) is 2. The van der Waals surface area contributed by atoms with E-state index >= 15 is 0 Å². The molecular weight excluding hydrogens is 311 g/mol. The maximum atomic E-state index is 13.4. The lowest BCUT2D eigenvalue weighted by atomic mass is 10.1. The summed E-state index contributed by atoms with van der Waals surface area (Å²) in [5.41, 5.74) is 2.79. The number of H-pyrrole nitrogens is 1. The first kappa shape index (κ1) is 12.2. The zero-order chi connectivity index (χ0) is 13.6. The Morgan fingerprint density at radius 3 is 2.79 bits per heavy atom. The Morgan fingerprint density at radius 2 is 2.05 bits per heavy atom. The number of aromatic nitrogens is 2. The molecule has 0 unspecified atom stereocenters. The SMILES string of the molecule is Cc1ccc(-c2nc3cc(Br)c(F)cc3[nH]2)c(O)c1. The third kappa shape index (κ3) is 2.10. The topological polar surface area (TPSA) is 48.9 Å². The largest absolute Gasteiger partial charge is 0.507 e. The van der Waals surface area contributed by atoms with Gasteiger partial charge in [-0.25, -0.2) is 9.37 Å². The van der Waals surface area contributed by atoms with Crippen molar-refractivity contribution in [1.29, 1.82) is 0 Å². The Hall–Kier alpha value is -1.88. The molecule has 0 aliphatic rings. The van der Waals surface area contributed by atoms with Crippen molar-refractivity contribution in [3.63, 3.8) is 0 Å². The molecule has 3 nitrogen and oxygen atoms in total. The Morgan fingerprint density at radius 1 is 1.26 bits per heavy atom. The van der Waals surface area contributed by atoms with E-state index in [1.54, 1.807) is 18.2 Å². The lowest BCUT2D eigenvalue weighted by Crippen LogP contribution is -1.82. The van der Waals surface area contributed by atoms with Gasteiger partial charge < -0.3 is 10.1 Å². The van der Waals surface area contributed by atoms with E-state index in [9.17, 15) is 9.50 Å². The van der Waals surface area contributed by atoms with Gasteiger partial charge in [0.2, 0.25) is 0 Å². The number of phenols is 1. The molecule has 2 aromatic carbocycles. The molecule has 1 heterocycles. The number of nitrogens with zero attached hydrogens (tertiary/aromatic N) is 1. The van der Waals surface area contributed by atoms with Crippen LogP contribution in [0.1, 0.15) is 5.56 Å². The lowest BCUT2D eigenvalue weighted by Gasteiger charge is -2.01. The summed E-state index contributed by atoms with van der Waals surface area (Å²) in [6.45, 7) is 1.90. The molecule has 2 N–H and O–H groups in total. The van der Waals surface area contributed by atoms with Crippen LogP contribution in [0, 0.1) is 12.7 Å². The number of rotatable bonds is 1. The standard InChI is InChI=1S/C14H10BrFN2O/c1-7-2-3-8(13(19)4-7)14-17-11-5-9(15)10(16)6-12(11)18-14/h2-6,19H,1H3,(H,17,18). The normalized spacial score (nSPS) is 11.1. The number of aryl methyl sites for hydroxylation is 1. The number of phenolic OH excluding ortho intramolecular Hbond substituents is 1. The minimum atomic E-state index is -0.351. The van der Waals surface area contributed by atoms with Gasteiger partial charge in [0, 0.05) is 6.07 Å². The fourth-order valence-corrected chi connectivity index (χ4v) is 2.31. The molecule has 0 saturated carbocycles. The number of nitrogens with one attached hydrogen (secondary N) is 1. The summed E-state index contributed by atoms with van der Waals surface area (Å²) in [5.74, 6) is 0.319. The number of aromatic hydroxyl groups is 1. The third-order valence-electron chi connectivity index (χ3n) is 2.93. The van der Waals surface area contributed by atoms with Gasteiger partial charge >= 0.3 is 0 Å². The van der Waals surface area contributed by atoms with Crippen molar-refractivity contribution in [2.24, 2.45) is 0 Å². The van der Waals surface area contributed by atoms with Gasteiger partial charge in [-0.1, -0.05) is 6.07 Å². The highest BCUT2D eigenvalue weighted by atomic mass is 79.9. The van der Waals surface area contributed by atoms with Crippen LogP contribution in [0.4, 0.5) is 4.39 Å². The molecule has 0 radical (unpaired) electrons. The molecule has 1 aromatic heterocycles. The van der Waals surface area contributed by atoms with E-state index < -0.39 is 0 Å². The van der Waals surface area contributed by atoms with Gasteiger partial charge in [-0.3, -0.25) is 0 Å². The van der Waals surface area contributed by atoms with Crippen molar-refractivity contribution in [3.05, 3.63) is 46.2 Å². The number of halogens is 2. The van der Waals surface area contributed by atoms with Crippen molar-refractivity contribution >= 4 is 27.0 Å². The molecule has 0 saturated heterocycles. The van der Waals surface area contributed by atoms with Crippen LogP contribution in [0.3, 0.4) is 0 Å². The molecule has 0 aliphatic heterocycles. The second-order valence-electron chi connectivity index (χ2n) is 4.39. The Bertz CT molecular complexity index is 743. The molecule has 0 amide bonds. The number of benzene rings is 2. The van der Waals surface area contributed by atoms with E-state index in [-0.39, 0.29) is 11.6 Å². The summed E-state index contributed by atoms with van der Waals surface area (Å²) >= 11 is 3.13. The van der Waals surface area contributed by atoms with Crippen LogP contribution in [0.15, 0.2) is 34.8 Å². The predicted molar refractivity (Wildman–Crippen MR) is 75.6 cm³/mol. The maximum Gasteiger partial charge on any atom is 0.142 e. The molecule has 0 fully saturated rings. The summed E-state index contributed by atoms with van der Waals surface area (Å²) in [6, 6.07) is 8.32. The summed E-state index contributed by atoms with van der Waals surface area (Å²) in [4.78, 5) is 7.37. The van der Waals surface area contributed by atoms with Gasteiger partial charge in [0.25, 0.3) is 0 Å². The van der Waals surface area contributed by atoms with Crippen molar-refractivity contribution in [1.82, 2.24) is 9.97 Å². The highest BCUT2D eigenvalue weighted by molar-refractivity contribution is 9.10. The highest BCUT2D eigenvalue weighted by Crippen LogP contribution is 2.30. The van der Waals surface area contributed by atoms with Crippen LogP contribution in [0.25, 0.3) is 22.4 Å². The molecule has 5 heteroatoms. The van der Waals surface area contributed by atoms with Gasteiger partial charge in [-0.05, 0) is 46.6 Å². The van der Waals surface area contributed by atoms with Gasteiger partial charge in [0.15, 0.2) is 0 Å². The van der Waals surface area contributed by atoms with E-state index in [2.05, 4.69) is 25.9 Å². The third-order valence-corrected chi connectivity index (χ3v) is 3.54. The lowest BCUT2D eigenvalue weighted by molar-refractivity contribution is 0.476. The first-order valence-corrected chi connectivity index (χ1v) is 6.48. The van der Waals surface area contributed by atoms with Gasteiger partial charge in [0.1, 0.15) is 17.4 Å². The van der Waals surface area contributed by atoms with Crippen LogP contribution in [-0.4, -0.2) is 15.1 Å². The van der Waals surface area contributed by atoms with Gasteiger partial charge in [-0.2, -0.15) is 0 Å². The quantitative estimate of drug-likeness (QED) is 0.707. The van der Waals surface area contributed by atoms with E-state index in [0.29, 0.717) is 26.9 Å². The second kappa shape index (κ2) is 4.35. The van der Waals surface area contributed by atoms with E-state index in [4.69, 9.17) is 0 Å². The Balaban J connectivity index is 2.20. The fraction of sp³-hybridized carbons (Fsp3) is 0.0714. The monoisotopic (exact) mass is 320 g/mol. The maximum absolute atomic E-state index is 13.4. The first-order valence-electron chi connectivity index (χ1n) is 5.69. The number of aromatic amines is 1. The summed E-state index contributed by atoms with van der Waals surface area (Å²) in [6.07, 6.45) is 0. The summed E-state index contributed by atoms with van der Waals surface area (Å²) in [5, 5.41) is 9.94. The average molecular weight is 321 g/mol. The summed E-state index contributed by atoms with van der Waals surface area (Å²) < 4.78 is 13.8. The minimum Gasteiger partial charge on any atom is -0.507 e. The molecule has 0 spiro atoms. The molecule has 19 heavy (non-hydrogen) atoms. The van der Waals surface area contributed by atoms with E-state index in [1.807, 2.05) is 13.0 Å². The van der Waals surface area contributed by atoms with Crippen LogP contribution >= 0.6 is 15.9 Å². The first-order chi connectivity index (χ1) is 9.04. The fourth-order valence-electron chi connectivity index (χ4n) is 1.97. The second-order valence-corrected chi connectivity index (χ2v) is 5.24. The zero-order valence-corrected chi connectivity index (χ0v) is 11.6. The number of hydrogen-bond donors (Lipinski definition) is 2. The Labute approximate surface area is 117 Å². The minimum absolute atomic E-state index is 0.151. The van der Waals surface area contributed by atoms with Crippen molar-refractivity contribution < 1.29 is 9.50 Å². The molecule has 0 aliphatic carbocycles. The molecule has 0 bridgehead atoms. The number of fused-ring (bicyclic) bond motifs is 1. The average Bonchev–Trinajstić information content (AvgIpc) is 2.72. The van der Waals surface area contributed by atoms with E-state index in [0.717, 1.165) is 5.56 Å². The highest BCUT2D eigenvalue weighted by Gasteiger charge is 2.11. The number of imidazole rings is 1. The summed E-state index contributed by atoms with van der Waals surface area (Å²) in [7, 11) is 0. The zero-order valence-electron chi connectivity index (χ0n) is 10.0. The Kier molecular flexibility index (Phi) is 2.78. The van der Waals surface area contributed by atoms with Gasteiger partial charge in [0.05, 0.1) is 21.1 Å². The van der Waals surface area contributed by atoms with E-state index in [1.165, 1.54) is 6.07 Å². The van der Waals surface area contributed by atoms with Crippen molar-refractivity contribution in [2.75, 3.05) is 0 Å². The van der Waals surface area contributed by atoms with Crippen LogP contribution < -0.4 is 0 Å².